The number of nitrogens with one attached hydrogen (secondary N) is 2. The van der Waals surface area contributed by atoms with Gasteiger partial charge in [0.25, 0.3) is 5.91 Å². The van der Waals surface area contributed by atoms with E-state index in [-0.39, 0.29) is 23.7 Å². The third kappa shape index (κ3) is 5.44. The van der Waals surface area contributed by atoms with E-state index in [4.69, 9.17) is 4.52 Å². The van der Waals surface area contributed by atoms with Crippen molar-refractivity contribution in [1.82, 2.24) is 25.2 Å². The summed E-state index contributed by atoms with van der Waals surface area (Å²) in [6, 6.07) is 3.01. The summed E-state index contributed by atoms with van der Waals surface area (Å²) in [5.74, 6) is 0.536. The van der Waals surface area contributed by atoms with Crippen molar-refractivity contribution >= 4 is 17.6 Å². The van der Waals surface area contributed by atoms with Gasteiger partial charge >= 0.3 is 0 Å². The quantitative estimate of drug-likeness (QED) is 0.518. The molecule has 2 amide bonds. The predicted octanol–water partition coefficient (Wildman–Crippen LogP) is 4.47. The van der Waals surface area contributed by atoms with Gasteiger partial charge < -0.3 is 15.2 Å². The summed E-state index contributed by atoms with van der Waals surface area (Å²) < 4.78 is 6.86. The lowest BCUT2D eigenvalue weighted by atomic mass is 9.79. The SMILES string of the molecule is Cc1cnn(C)c1-c1ccc(NC(=O)[C@@H](NC(=O)c2conc2C(C)C)[C@H]2CC[C@H](C)CC2)nc1. The normalized spacial score (nSPS) is 18.9. The van der Waals surface area contributed by atoms with Crippen LogP contribution in [-0.4, -0.2) is 37.8 Å². The summed E-state index contributed by atoms with van der Waals surface area (Å²) in [6.45, 7) is 8.12. The maximum absolute atomic E-state index is 13.4. The minimum Gasteiger partial charge on any atom is -0.364 e. The Labute approximate surface area is 205 Å². The maximum atomic E-state index is 13.4. The Morgan fingerprint density at radius 2 is 1.89 bits per heavy atom. The number of aryl methyl sites for hydroxylation is 2. The molecule has 1 aliphatic rings. The fraction of sp³-hybridized carbons (Fsp3) is 0.500. The van der Waals surface area contributed by atoms with E-state index in [9.17, 15) is 9.59 Å². The first-order valence-corrected chi connectivity index (χ1v) is 12.3. The Balaban J connectivity index is 1.52. The smallest absolute Gasteiger partial charge is 0.257 e. The van der Waals surface area contributed by atoms with Gasteiger partial charge in [-0.1, -0.05) is 38.8 Å². The highest BCUT2D eigenvalue weighted by Gasteiger charge is 2.34. The molecule has 1 saturated carbocycles. The van der Waals surface area contributed by atoms with Gasteiger partial charge in [0.2, 0.25) is 5.91 Å². The van der Waals surface area contributed by atoms with E-state index in [2.05, 4.69) is 32.8 Å². The van der Waals surface area contributed by atoms with E-state index in [1.807, 2.05) is 40.1 Å². The van der Waals surface area contributed by atoms with Crippen LogP contribution in [0, 0.1) is 18.8 Å². The molecule has 0 saturated heterocycles. The average Bonchev–Trinajstić information content (AvgIpc) is 3.45. The van der Waals surface area contributed by atoms with Gasteiger partial charge in [0.05, 0.1) is 17.6 Å². The third-order valence-electron chi connectivity index (χ3n) is 6.90. The number of carbonyl (C=O) groups is 2. The molecule has 0 aromatic carbocycles. The topological polar surface area (TPSA) is 115 Å². The molecule has 1 aliphatic carbocycles. The van der Waals surface area contributed by atoms with E-state index in [0.29, 0.717) is 23.0 Å². The van der Waals surface area contributed by atoms with Crippen molar-refractivity contribution in [3.63, 3.8) is 0 Å². The van der Waals surface area contributed by atoms with Crippen molar-refractivity contribution in [2.75, 3.05) is 5.32 Å². The fourth-order valence-electron chi connectivity index (χ4n) is 4.84. The van der Waals surface area contributed by atoms with Gasteiger partial charge in [-0.2, -0.15) is 5.10 Å². The van der Waals surface area contributed by atoms with Gasteiger partial charge in [0.1, 0.15) is 23.7 Å². The largest absolute Gasteiger partial charge is 0.364 e. The number of hydrogen-bond donors (Lipinski definition) is 2. The van der Waals surface area contributed by atoms with Crippen LogP contribution in [0.1, 0.15) is 74.0 Å². The number of anilines is 1. The zero-order valence-electron chi connectivity index (χ0n) is 21.0. The van der Waals surface area contributed by atoms with Crippen molar-refractivity contribution in [2.45, 2.75) is 65.3 Å². The molecule has 1 atom stereocenters. The number of hydrogen-bond acceptors (Lipinski definition) is 6. The lowest BCUT2D eigenvalue weighted by Gasteiger charge is -2.32. The summed E-state index contributed by atoms with van der Waals surface area (Å²) in [7, 11) is 1.89. The average molecular weight is 479 g/mol. The Hall–Kier alpha value is -3.49. The molecule has 0 bridgehead atoms. The first-order chi connectivity index (χ1) is 16.7. The fourth-order valence-corrected chi connectivity index (χ4v) is 4.84. The Morgan fingerprint density at radius 3 is 2.49 bits per heavy atom. The molecule has 3 aromatic heterocycles. The summed E-state index contributed by atoms with van der Waals surface area (Å²) in [6.07, 6.45) is 8.71. The van der Waals surface area contributed by atoms with E-state index >= 15 is 0 Å². The zero-order chi connectivity index (χ0) is 25.1. The summed E-state index contributed by atoms with van der Waals surface area (Å²) in [5.41, 5.74) is 3.90. The minimum absolute atomic E-state index is 0.0306. The predicted molar refractivity (Wildman–Crippen MR) is 133 cm³/mol. The van der Waals surface area contributed by atoms with Crippen LogP contribution in [0.3, 0.4) is 0 Å². The van der Waals surface area contributed by atoms with Crippen molar-refractivity contribution < 1.29 is 14.1 Å². The number of carbonyl (C=O) groups excluding carboxylic acids is 2. The Morgan fingerprint density at radius 1 is 1.14 bits per heavy atom. The maximum Gasteiger partial charge on any atom is 0.257 e. The van der Waals surface area contributed by atoms with Crippen LogP contribution in [0.2, 0.25) is 0 Å². The highest BCUT2D eigenvalue weighted by Crippen LogP contribution is 2.31. The third-order valence-corrected chi connectivity index (χ3v) is 6.90. The molecule has 0 unspecified atom stereocenters. The number of aromatic nitrogens is 4. The lowest BCUT2D eigenvalue weighted by molar-refractivity contribution is -0.119. The van der Waals surface area contributed by atoms with E-state index in [1.54, 1.807) is 16.9 Å². The van der Waals surface area contributed by atoms with E-state index in [0.717, 1.165) is 42.5 Å². The highest BCUT2D eigenvalue weighted by molar-refractivity contribution is 6.01. The molecule has 9 heteroatoms. The summed E-state index contributed by atoms with van der Waals surface area (Å²) in [4.78, 5) is 31.0. The van der Waals surface area contributed by atoms with Crippen LogP contribution in [0.25, 0.3) is 11.3 Å². The van der Waals surface area contributed by atoms with Gasteiger partial charge in [-0.05, 0) is 55.2 Å². The van der Waals surface area contributed by atoms with Crippen molar-refractivity contribution in [3.8, 4) is 11.3 Å². The van der Waals surface area contributed by atoms with Crippen LogP contribution < -0.4 is 10.6 Å². The number of pyridine rings is 1. The molecule has 1 fully saturated rings. The molecular formula is C26H34N6O3. The molecular weight excluding hydrogens is 444 g/mol. The van der Waals surface area contributed by atoms with E-state index in [1.165, 1.54) is 6.26 Å². The van der Waals surface area contributed by atoms with Gasteiger partial charge in [-0.25, -0.2) is 4.98 Å². The standard InChI is InChI=1S/C26H34N6O3/c1-15(2)22-20(14-35-31-22)25(33)30-23(18-8-6-16(3)7-9-18)26(34)29-21-11-10-19(13-27-21)24-17(4)12-28-32(24)5/h10-16,18,23H,6-9H2,1-5H3,(H,30,33)(H,27,29,34)/t16-,18-,23-/m0/s1. The minimum atomic E-state index is -0.675. The molecule has 4 rings (SSSR count). The molecule has 35 heavy (non-hydrogen) atoms. The zero-order valence-corrected chi connectivity index (χ0v) is 21.0. The van der Waals surface area contributed by atoms with Gasteiger partial charge in [-0.15, -0.1) is 0 Å². The number of amides is 2. The number of rotatable bonds is 7. The molecule has 0 spiro atoms. The highest BCUT2D eigenvalue weighted by atomic mass is 16.5. The van der Waals surface area contributed by atoms with Crippen molar-refractivity contribution in [3.05, 3.63) is 47.6 Å². The molecule has 3 heterocycles. The molecule has 3 aromatic rings. The molecule has 0 aliphatic heterocycles. The number of nitrogens with zero attached hydrogens (tertiary/aromatic N) is 4. The lowest BCUT2D eigenvalue weighted by Crippen LogP contribution is -2.49. The summed E-state index contributed by atoms with van der Waals surface area (Å²) in [5, 5.41) is 14.1. The second-order valence-electron chi connectivity index (χ2n) is 9.96. The monoisotopic (exact) mass is 478 g/mol. The van der Waals surface area contributed by atoms with E-state index < -0.39 is 6.04 Å². The molecule has 186 valence electrons. The van der Waals surface area contributed by atoms with Crippen LogP contribution in [0.5, 0.6) is 0 Å². The Kier molecular flexibility index (Phi) is 7.33. The van der Waals surface area contributed by atoms with Crippen LogP contribution in [-0.2, 0) is 11.8 Å². The van der Waals surface area contributed by atoms with Crippen LogP contribution >= 0.6 is 0 Å². The second kappa shape index (κ2) is 10.4. The van der Waals surface area contributed by atoms with Crippen molar-refractivity contribution in [2.24, 2.45) is 18.9 Å². The van der Waals surface area contributed by atoms with Crippen LogP contribution in [0.4, 0.5) is 5.82 Å². The van der Waals surface area contributed by atoms with Gasteiger partial charge in [0, 0.05) is 18.8 Å². The van der Waals surface area contributed by atoms with Crippen molar-refractivity contribution in [1.29, 1.82) is 0 Å². The Bertz CT molecular complexity index is 1150. The molecule has 0 radical (unpaired) electrons. The second-order valence-corrected chi connectivity index (χ2v) is 9.96. The van der Waals surface area contributed by atoms with Crippen LogP contribution in [0.15, 0.2) is 35.3 Å². The van der Waals surface area contributed by atoms with Gasteiger partial charge in [0.15, 0.2) is 0 Å². The molecule has 9 nitrogen and oxygen atoms in total. The molecule has 2 N–H and O–H groups in total. The first-order valence-electron chi connectivity index (χ1n) is 12.3. The first kappa shape index (κ1) is 24.6. The van der Waals surface area contributed by atoms with Gasteiger partial charge in [-0.3, -0.25) is 14.3 Å². The summed E-state index contributed by atoms with van der Waals surface area (Å²) >= 11 is 0.